The molecule has 0 saturated heterocycles. The van der Waals surface area contributed by atoms with Gasteiger partial charge in [0.1, 0.15) is 26.4 Å². The van der Waals surface area contributed by atoms with E-state index in [1.165, 1.54) is 0 Å². The van der Waals surface area contributed by atoms with Crippen molar-refractivity contribution < 1.29 is 38.1 Å². The molecule has 0 aliphatic rings. The van der Waals surface area contributed by atoms with Gasteiger partial charge in [0.05, 0.1) is 0 Å². The fraction of sp³-hybridized carbons (Fsp3) is 0.250. The van der Waals surface area contributed by atoms with Crippen LogP contribution in [0.2, 0.25) is 0 Å². The van der Waals surface area contributed by atoms with Crippen LogP contribution in [0.15, 0.2) is 50.6 Å². The van der Waals surface area contributed by atoms with Crippen molar-refractivity contribution in [2.45, 2.75) is 0 Å². The fourth-order valence-corrected chi connectivity index (χ4v) is 0.805. The maximum atomic E-state index is 10.4. The van der Waals surface area contributed by atoms with Crippen LogP contribution >= 0.6 is 0 Å². The summed E-state index contributed by atoms with van der Waals surface area (Å²) in [5.41, 5.74) is 0. The van der Waals surface area contributed by atoms with E-state index in [1.54, 1.807) is 0 Å². The number of rotatable bonds is 10. The van der Waals surface area contributed by atoms with Crippen molar-refractivity contribution in [1.29, 1.82) is 0 Å². The smallest absolute Gasteiger partial charge is 0.330 e. The molecule has 8 heteroatoms. The molecule has 0 aliphatic heterocycles. The predicted octanol–water partition coefficient (Wildman–Crippen LogP) is 0.890. The minimum absolute atomic E-state index is 0.0322. The molecule has 0 bridgehead atoms. The van der Waals surface area contributed by atoms with Crippen LogP contribution < -0.4 is 0 Å². The van der Waals surface area contributed by atoms with Gasteiger partial charge in [0.15, 0.2) is 0 Å². The Morgan fingerprint density at radius 3 is 0.792 bits per heavy atom. The van der Waals surface area contributed by atoms with Gasteiger partial charge in [-0.3, -0.25) is 0 Å². The third-order valence-corrected chi connectivity index (χ3v) is 1.81. The summed E-state index contributed by atoms with van der Waals surface area (Å²) in [7, 11) is 0. The molecule has 0 saturated carbocycles. The first kappa shape index (κ1) is 23.1. The normalized spacial score (nSPS) is 8.33. The summed E-state index contributed by atoms with van der Waals surface area (Å²) in [6.07, 6.45) is 4.15. The molecule has 0 N–H and O–H groups in total. The van der Waals surface area contributed by atoms with E-state index in [0.717, 1.165) is 24.3 Å². The average molecular weight is 340 g/mol. The van der Waals surface area contributed by atoms with Crippen LogP contribution in [0.25, 0.3) is 0 Å². The quantitative estimate of drug-likeness (QED) is 0.250. The van der Waals surface area contributed by atoms with Crippen molar-refractivity contribution in [2.75, 3.05) is 26.4 Å². The summed E-state index contributed by atoms with van der Waals surface area (Å²) in [6.45, 7) is 12.9. The first-order valence-corrected chi connectivity index (χ1v) is 6.58. The molecule has 132 valence electrons. The van der Waals surface area contributed by atoms with Gasteiger partial charge >= 0.3 is 23.9 Å². The molecule has 0 aromatic carbocycles. The molecule has 0 aromatic heterocycles. The van der Waals surface area contributed by atoms with Gasteiger partial charge in [0.2, 0.25) is 0 Å². The summed E-state index contributed by atoms with van der Waals surface area (Å²) in [5, 5.41) is 0. The molecule has 0 radical (unpaired) electrons. The molecule has 0 unspecified atom stereocenters. The number of ether oxygens (including phenoxy) is 4. The average Bonchev–Trinajstić information content (AvgIpc) is 2.61. The van der Waals surface area contributed by atoms with Gasteiger partial charge < -0.3 is 18.9 Å². The summed E-state index contributed by atoms with van der Waals surface area (Å²) in [6, 6.07) is 0. The lowest BCUT2D eigenvalue weighted by atomic mass is 10.6. The molecule has 0 heterocycles. The largest absolute Gasteiger partial charge is 0.459 e. The zero-order valence-electron chi connectivity index (χ0n) is 13.2. The summed E-state index contributed by atoms with van der Waals surface area (Å²) in [4.78, 5) is 41.7. The summed E-state index contributed by atoms with van der Waals surface area (Å²) < 4.78 is 18.1. The Kier molecular flexibility index (Phi) is 15.6. The Hall–Kier alpha value is -3.16. The van der Waals surface area contributed by atoms with E-state index in [0.29, 0.717) is 0 Å². The Bertz CT molecular complexity index is 390. The first-order chi connectivity index (χ1) is 11.4. The standard InChI is InChI=1S/2C8H10O4/c2*1-3-7(9)11-5-6-12-8(10)4-2/h2*3-4H,1-2,5-6H2. The summed E-state index contributed by atoms with van der Waals surface area (Å²) in [5.74, 6) is -2.15. The number of esters is 4. The minimum atomic E-state index is -0.537. The number of carbonyl (C=O) groups is 4. The number of hydrogen-bond acceptors (Lipinski definition) is 8. The topological polar surface area (TPSA) is 105 Å². The van der Waals surface area contributed by atoms with Gasteiger partial charge in [0, 0.05) is 24.3 Å². The van der Waals surface area contributed by atoms with Gasteiger partial charge in [-0.05, 0) is 0 Å². The molecule has 24 heavy (non-hydrogen) atoms. The lowest BCUT2D eigenvalue weighted by Crippen LogP contribution is -2.10. The first-order valence-electron chi connectivity index (χ1n) is 6.58. The van der Waals surface area contributed by atoms with Crippen LogP contribution in [-0.2, 0) is 38.1 Å². The molecule has 8 nitrogen and oxygen atoms in total. The molecule has 0 amide bonds. The Morgan fingerprint density at radius 2 is 0.667 bits per heavy atom. The van der Waals surface area contributed by atoms with Gasteiger partial charge in [-0.15, -0.1) is 0 Å². The highest BCUT2D eigenvalue weighted by Crippen LogP contribution is 1.83. The third-order valence-electron chi connectivity index (χ3n) is 1.81. The second-order valence-electron chi connectivity index (χ2n) is 3.49. The van der Waals surface area contributed by atoms with E-state index in [2.05, 4.69) is 45.3 Å². The number of carbonyl (C=O) groups excluding carboxylic acids is 4. The van der Waals surface area contributed by atoms with Crippen LogP contribution in [0, 0.1) is 0 Å². The predicted molar refractivity (Wildman–Crippen MR) is 84.6 cm³/mol. The van der Waals surface area contributed by atoms with Crippen molar-refractivity contribution in [3.63, 3.8) is 0 Å². The maximum absolute atomic E-state index is 10.4. The van der Waals surface area contributed by atoms with E-state index in [9.17, 15) is 19.2 Å². The zero-order valence-corrected chi connectivity index (χ0v) is 13.2. The zero-order chi connectivity index (χ0) is 18.8. The molecule has 0 aromatic rings. The Labute approximate surface area is 140 Å². The maximum Gasteiger partial charge on any atom is 0.330 e. The number of hydrogen-bond donors (Lipinski definition) is 0. The van der Waals surface area contributed by atoms with Gasteiger partial charge in [-0.2, -0.15) is 0 Å². The van der Waals surface area contributed by atoms with E-state index < -0.39 is 23.9 Å². The second-order valence-corrected chi connectivity index (χ2v) is 3.49. The monoisotopic (exact) mass is 340 g/mol. The van der Waals surface area contributed by atoms with E-state index in [4.69, 9.17) is 0 Å². The van der Waals surface area contributed by atoms with Crippen molar-refractivity contribution in [3.8, 4) is 0 Å². The van der Waals surface area contributed by atoms with Crippen LogP contribution in [0.3, 0.4) is 0 Å². The molecule has 0 atom stereocenters. The lowest BCUT2D eigenvalue weighted by Gasteiger charge is -2.01. The minimum Gasteiger partial charge on any atom is -0.459 e. The van der Waals surface area contributed by atoms with Crippen molar-refractivity contribution in [2.24, 2.45) is 0 Å². The van der Waals surface area contributed by atoms with Crippen LogP contribution in [0.4, 0.5) is 0 Å². The Morgan fingerprint density at radius 1 is 0.500 bits per heavy atom. The molecule has 0 fully saturated rings. The molecular formula is C16H20O8. The van der Waals surface area contributed by atoms with Crippen LogP contribution in [-0.4, -0.2) is 50.3 Å². The van der Waals surface area contributed by atoms with Gasteiger partial charge in [-0.25, -0.2) is 19.2 Å². The highest BCUT2D eigenvalue weighted by atomic mass is 16.6. The molecule has 0 aliphatic carbocycles. The second kappa shape index (κ2) is 16.2. The van der Waals surface area contributed by atoms with E-state index in [-0.39, 0.29) is 26.4 Å². The molecule has 0 spiro atoms. The van der Waals surface area contributed by atoms with Crippen molar-refractivity contribution >= 4 is 23.9 Å². The SMILES string of the molecule is C=CC(=O)OCCOC(=O)C=C.C=CC(=O)OCCOC(=O)C=C. The third kappa shape index (κ3) is 16.9. The van der Waals surface area contributed by atoms with Crippen molar-refractivity contribution in [3.05, 3.63) is 50.6 Å². The highest BCUT2D eigenvalue weighted by Gasteiger charge is 1.98. The van der Waals surface area contributed by atoms with E-state index in [1.807, 2.05) is 0 Å². The summed E-state index contributed by atoms with van der Waals surface area (Å²) >= 11 is 0. The Balaban J connectivity index is 0. The van der Waals surface area contributed by atoms with Crippen molar-refractivity contribution in [1.82, 2.24) is 0 Å². The molecule has 0 rings (SSSR count). The van der Waals surface area contributed by atoms with Crippen LogP contribution in [0.1, 0.15) is 0 Å². The van der Waals surface area contributed by atoms with Gasteiger partial charge in [0.25, 0.3) is 0 Å². The van der Waals surface area contributed by atoms with Gasteiger partial charge in [-0.1, -0.05) is 26.3 Å². The fourth-order valence-electron chi connectivity index (χ4n) is 0.805. The van der Waals surface area contributed by atoms with E-state index >= 15 is 0 Å². The lowest BCUT2D eigenvalue weighted by molar-refractivity contribution is -0.146. The molecular weight excluding hydrogens is 320 g/mol. The highest BCUT2D eigenvalue weighted by molar-refractivity contribution is 5.82. The van der Waals surface area contributed by atoms with Crippen LogP contribution in [0.5, 0.6) is 0 Å².